The molecule has 7 nitrogen and oxygen atoms in total. The average molecular weight is 399 g/mol. The fourth-order valence-corrected chi connectivity index (χ4v) is 4.44. The van der Waals surface area contributed by atoms with Crippen molar-refractivity contribution in [2.45, 2.75) is 31.4 Å². The molecule has 28 heavy (non-hydrogen) atoms. The zero-order valence-corrected chi connectivity index (χ0v) is 16.4. The van der Waals surface area contributed by atoms with Crippen LogP contribution in [0, 0.1) is 13.8 Å². The zero-order valence-electron chi connectivity index (χ0n) is 15.6. The summed E-state index contributed by atoms with van der Waals surface area (Å²) in [4.78, 5) is 0.265. The molecular formula is C20H21N3O4S. The smallest absolute Gasteiger partial charge is 0.262 e. The second-order valence-electron chi connectivity index (χ2n) is 6.82. The molecule has 0 spiro atoms. The first-order valence-corrected chi connectivity index (χ1v) is 10.4. The molecule has 2 heterocycles. The van der Waals surface area contributed by atoms with Crippen LogP contribution in [0.5, 0.6) is 11.5 Å². The van der Waals surface area contributed by atoms with Gasteiger partial charge in [-0.1, -0.05) is 24.3 Å². The molecule has 0 radical (unpaired) electrons. The van der Waals surface area contributed by atoms with Crippen LogP contribution < -0.4 is 14.2 Å². The number of aryl methyl sites for hydroxylation is 2. The molecule has 0 saturated heterocycles. The summed E-state index contributed by atoms with van der Waals surface area (Å²) in [5, 5.41) is 4.24. The van der Waals surface area contributed by atoms with Crippen molar-refractivity contribution in [2.24, 2.45) is 0 Å². The largest absolute Gasteiger partial charge is 0.486 e. The van der Waals surface area contributed by atoms with Crippen molar-refractivity contribution in [3.05, 3.63) is 66.0 Å². The lowest BCUT2D eigenvalue weighted by Gasteiger charge is -2.26. The van der Waals surface area contributed by atoms with Crippen molar-refractivity contribution >= 4 is 15.7 Å². The van der Waals surface area contributed by atoms with Crippen molar-refractivity contribution in [1.29, 1.82) is 0 Å². The summed E-state index contributed by atoms with van der Waals surface area (Å²) in [5.41, 5.74) is 1.98. The summed E-state index contributed by atoms with van der Waals surface area (Å²) in [7, 11) is -3.69. The Balaban J connectivity index is 1.46. The van der Waals surface area contributed by atoms with E-state index in [0.29, 0.717) is 30.2 Å². The lowest BCUT2D eigenvalue weighted by atomic mass is 10.2. The lowest BCUT2D eigenvalue weighted by molar-refractivity contribution is 0.0759. The Morgan fingerprint density at radius 3 is 2.79 bits per heavy atom. The van der Waals surface area contributed by atoms with Gasteiger partial charge in [-0.05, 0) is 43.2 Å². The van der Waals surface area contributed by atoms with Crippen LogP contribution in [0.4, 0.5) is 5.69 Å². The summed E-state index contributed by atoms with van der Waals surface area (Å²) < 4.78 is 41.3. The third-order valence-corrected chi connectivity index (χ3v) is 6.00. The van der Waals surface area contributed by atoms with E-state index in [2.05, 4.69) is 9.82 Å². The number of benzene rings is 2. The van der Waals surface area contributed by atoms with E-state index in [4.69, 9.17) is 9.47 Å². The predicted octanol–water partition coefficient (Wildman–Crippen LogP) is 3.14. The topological polar surface area (TPSA) is 82.5 Å². The lowest BCUT2D eigenvalue weighted by Crippen LogP contribution is -2.33. The van der Waals surface area contributed by atoms with Gasteiger partial charge in [0.15, 0.2) is 17.6 Å². The normalized spacial score (nSPS) is 16.0. The van der Waals surface area contributed by atoms with Crippen LogP contribution >= 0.6 is 0 Å². The molecule has 1 N–H and O–H groups in total. The molecule has 146 valence electrons. The number of rotatable bonds is 5. The molecule has 0 bridgehead atoms. The maximum Gasteiger partial charge on any atom is 0.262 e. The number of fused-ring (bicyclic) bond motifs is 1. The van der Waals surface area contributed by atoms with Gasteiger partial charge >= 0.3 is 0 Å². The highest BCUT2D eigenvalue weighted by Crippen LogP contribution is 2.31. The molecule has 1 aliphatic rings. The Bertz CT molecular complexity index is 1110. The molecule has 1 atom stereocenters. The van der Waals surface area contributed by atoms with Gasteiger partial charge in [-0.15, -0.1) is 0 Å². The van der Waals surface area contributed by atoms with E-state index in [-0.39, 0.29) is 11.0 Å². The number of nitrogens with one attached hydrogen (secondary N) is 1. The van der Waals surface area contributed by atoms with Gasteiger partial charge < -0.3 is 9.47 Å². The van der Waals surface area contributed by atoms with Crippen LogP contribution in [-0.4, -0.2) is 30.9 Å². The van der Waals surface area contributed by atoms with E-state index in [1.54, 1.807) is 29.9 Å². The van der Waals surface area contributed by atoms with Gasteiger partial charge in [-0.25, -0.2) is 8.42 Å². The summed E-state index contributed by atoms with van der Waals surface area (Å²) in [6, 6.07) is 12.8. The number of hydrogen-bond donors (Lipinski definition) is 1. The first kappa shape index (κ1) is 18.4. The molecule has 4 rings (SSSR count). The average Bonchev–Trinajstić information content (AvgIpc) is 3.09. The van der Waals surface area contributed by atoms with E-state index in [1.165, 1.54) is 6.20 Å². The SMILES string of the molecule is Cc1ccc(C)c(S(=O)(=O)Nc2cnn(C[C@@H]3COc4ccccc4O3)c2)c1. The molecule has 3 aromatic rings. The van der Waals surface area contributed by atoms with Gasteiger partial charge in [-0.3, -0.25) is 9.40 Å². The molecule has 0 unspecified atom stereocenters. The zero-order chi connectivity index (χ0) is 19.7. The minimum atomic E-state index is -3.69. The molecule has 1 aliphatic heterocycles. The molecular weight excluding hydrogens is 378 g/mol. The predicted molar refractivity (Wildman–Crippen MR) is 105 cm³/mol. The molecule has 0 saturated carbocycles. The number of nitrogens with zero attached hydrogens (tertiary/aromatic N) is 2. The van der Waals surface area contributed by atoms with Gasteiger partial charge in [0.25, 0.3) is 10.0 Å². The van der Waals surface area contributed by atoms with Crippen molar-refractivity contribution < 1.29 is 17.9 Å². The minimum absolute atomic E-state index is 0.210. The summed E-state index contributed by atoms with van der Waals surface area (Å²) in [6.45, 7) is 4.48. The molecule has 1 aromatic heterocycles. The van der Waals surface area contributed by atoms with Gasteiger partial charge in [0.1, 0.15) is 6.61 Å². The Labute approximate surface area is 164 Å². The Hall–Kier alpha value is -3.00. The van der Waals surface area contributed by atoms with Crippen molar-refractivity contribution in [3.8, 4) is 11.5 Å². The van der Waals surface area contributed by atoms with Crippen molar-refractivity contribution in [1.82, 2.24) is 9.78 Å². The first-order valence-electron chi connectivity index (χ1n) is 8.92. The molecule has 8 heteroatoms. The van der Waals surface area contributed by atoms with Crippen LogP contribution in [0.2, 0.25) is 0 Å². The van der Waals surface area contributed by atoms with E-state index < -0.39 is 10.0 Å². The highest BCUT2D eigenvalue weighted by Gasteiger charge is 2.22. The number of anilines is 1. The van der Waals surface area contributed by atoms with Crippen LogP contribution in [0.15, 0.2) is 59.8 Å². The molecule has 2 aromatic carbocycles. The third kappa shape index (κ3) is 3.82. The van der Waals surface area contributed by atoms with Crippen molar-refractivity contribution in [3.63, 3.8) is 0 Å². The molecule has 0 fully saturated rings. The van der Waals surface area contributed by atoms with E-state index in [0.717, 1.165) is 11.3 Å². The minimum Gasteiger partial charge on any atom is -0.486 e. The highest BCUT2D eigenvalue weighted by molar-refractivity contribution is 7.92. The number of para-hydroxylation sites is 2. The second-order valence-corrected chi connectivity index (χ2v) is 8.47. The van der Waals surface area contributed by atoms with Crippen molar-refractivity contribution in [2.75, 3.05) is 11.3 Å². The van der Waals surface area contributed by atoms with Gasteiger partial charge in [0, 0.05) is 6.20 Å². The Morgan fingerprint density at radius 1 is 1.18 bits per heavy atom. The van der Waals surface area contributed by atoms with Gasteiger partial charge in [0.2, 0.25) is 0 Å². The Morgan fingerprint density at radius 2 is 1.96 bits per heavy atom. The number of ether oxygens (including phenoxy) is 2. The fourth-order valence-electron chi connectivity index (χ4n) is 3.08. The van der Waals surface area contributed by atoms with Crippen LogP contribution in [-0.2, 0) is 16.6 Å². The standard InChI is InChI=1S/C20H21N3O4S/c1-14-7-8-15(2)20(9-14)28(24,25)22-16-10-21-23(11-16)12-17-13-26-18-5-3-4-6-19(18)27-17/h3-11,17,22H,12-13H2,1-2H3/t17-/m1/s1. The summed E-state index contributed by atoms with van der Waals surface area (Å²) in [6.07, 6.45) is 2.92. The second kappa shape index (κ2) is 7.20. The first-order chi connectivity index (χ1) is 13.4. The summed E-state index contributed by atoms with van der Waals surface area (Å²) in [5.74, 6) is 1.42. The van der Waals surface area contributed by atoms with Crippen LogP contribution in [0.1, 0.15) is 11.1 Å². The summed E-state index contributed by atoms with van der Waals surface area (Å²) >= 11 is 0. The van der Waals surface area contributed by atoms with E-state index in [9.17, 15) is 8.42 Å². The number of sulfonamides is 1. The van der Waals surface area contributed by atoms with Gasteiger partial charge in [0.05, 0.1) is 23.3 Å². The van der Waals surface area contributed by atoms with E-state index >= 15 is 0 Å². The number of hydrogen-bond acceptors (Lipinski definition) is 5. The molecule has 0 amide bonds. The maximum atomic E-state index is 12.7. The Kier molecular flexibility index (Phi) is 4.72. The maximum absolute atomic E-state index is 12.7. The fraction of sp³-hybridized carbons (Fsp3) is 0.250. The molecule has 0 aliphatic carbocycles. The third-order valence-electron chi connectivity index (χ3n) is 4.48. The van der Waals surface area contributed by atoms with Crippen LogP contribution in [0.3, 0.4) is 0 Å². The quantitative estimate of drug-likeness (QED) is 0.713. The van der Waals surface area contributed by atoms with Crippen LogP contribution in [0.25, 0.3) is 0 Å². The monoisotopic (exact) mass is 399 g/mol. The highest BCUT2D eigenvalue weighted by atomic mass is 32.2. The number of aromatic nitrogens is 2. The van der Waals surface area contributed by atoms with E-state index in [1.807, 2.05) is 37.3 Å². The van der Waals surface area contributed by atoms with Gasteiger partial charge in [-0.2, -0.15) is 5.10 Å².